The molecule has 2 heterocycles. The topological polar surface area (TPSA) is 125 Å². The van der Waals surface area contributed by atoms with E-state index in [1.165, 1.54) is 25.3 Å². The van der Waals surface area contributed by atoms with Crippen molar-refractivity contribution in [2.45, 2.75) is 13.0 Å². The van der Waals surface area contributed by atoms with E-state index in [0.29, 0.717) is 5.02 Å². The summed E-state index contributed by atoms with van der Waals surface area (Å²) in [4.78, 5) is 37.2. The number of nitrogens with one attached hydrogen (secondary N) is 1. The van der Waals surface area contributed by atoms with E-state index in [1.54, 1.807) is 0 Å². The first-order chi connectivity index (χ1) is 10.9. The van der Waals surface area contributed by atoms with Gasteiger partial charge in [-0.2, -0.15) is 0 Å². The van der Waals surface area contributed by atoms with Gasteiger partial charge in [-0.1, -0.05) is 11.6 Å². The molecule has 0 aliphatic heterocycles. The SMILES string of the molecule is C[C@H](OC(=O)c1ccc([N+](=O)[O-])o1)C(=O)Nc1ccc(Cl)cn1. The molecule has 0 radical (unpaired) electrons. The standard InChI is InChI=1S/C13H10ClN3O6/c1-7(12(18)16-10-4-2-8(14)6-15-10)22-13(19)9-3-5-11(23-9)17(20)21/h2-7H,1H3,(H,15,16,18)/t7-/m0/s1. The second kappa shape index (κ2) is 6.88. The minimum absolute atomic E-state index is 0.232. The molecule has 0 aliphatic carbocycles. The van der Waals surface area contributed by atoms with Gasteiger partial charge in [0.05, 0.1) is 11.1 Å². The third-order valence-electron chi connectivity index (χ3n) is 2.60. The summed E-state index contributed by atoms with van der Waals surface area (Å²) in [7, 11) is 0. The Morgan fingerprint density at radius 1 is 1.39 bits per heavy atom. The summed E-state index contributed by atoms with van der Waals surface area (Å²) in [5, 5.41) is 13.3. The molecule has 1 N–H and O–H groups in total. The fraction of sp³-hybridized carbons (Fsp3) is 0.154. The number of hydrogen-bond donors (Lipinski definition) is 1. The van der Waals surface area contributed by atoms with Gasteiger partial charge >= 0.3 is 11.9 Å². The molecular weight excluding hydrogens is 330 g/mol. The lowest BCUT2D eigenvalue weighted by Gasteiger charge is -2.12. The number of carbonyl (C=O) groups is 2. The quantitative estimate of drug-likeness (QED) is 0.503. The number of hydrogen-bond acceptors (Lipinski definition) is 7. The summed E-state index contributed by atoms with van der Waals surface area (Å²) in [6.45, 7) is 1.33. The van der Waals surface area contributed by atoms with Crippen LogP contribution in [0.25, 0.3) is 0 Å². The molecule has 2 rings (SSSR count). The average Bonchev–Trinajstić information content (AvgIpc) is 2.99. The lowest BCUT2D eigenvalue weighted by molar-refractivity contribution is -0.402. The summed E-state index contributed by atoms with van der Waals surface area (Å²) < 4.78 is 9.55. The zero-order chi connectivity index (χ0) is 17.0. The Morgan fingerprint density at radius 3 is 2.70 bits per heavy atom. The molecule has 0 unspecified atom stereocenters. The number of anilines is 1. The van der Waals surface area contributed by atoms with Gasteiger partial charge in [-0.15, -0.1) is 0 Å². The van der Waals surface area contributed by atoms with Gasteiger partial charge in [-0.05, 0) is 25.1 Å². The first-order valence-electron chi connectivity index (χ1n) is 6.24. The molecule has 0 aliphatic rings. The fourth-order valence-electron chi connectivity index (χ4n) is 1.49. The number of halogens is 1. The number of nitrogens with zero attached hydrogens (tertiary/aromatic N) is 2. The van der Waals surface area contributed by atoms with Gasteiger partial charge in [-0.25, -0.2) is 9.78 Å². The van der Waals surface area contributed by atoms with Crippen molar-refractivity contribution in [2.75, 3.05) is 5.32 Å². The number of pyridine rings is 1. The monoisotopic (exact) mass is 339 g/mol. The molecule has 2 aromatic rings. The van der Waals surface area contributed by atoms with Gasteiger partial charge in [-0.3, -0.25) is 14.9 Å². The van der Waals surface area contributed by atoms with Gasteiger partial charge in [0.25, 0.3) is 5.91 Å². The van der Waals surface area contributed by atoms with E-state index in [9.17, 15) is 19.7 Å². The third kappa shape index (κ3) is 4.27. The molecule has 10 heteroatoms. The van der Waals surface area contributed by atoms with Crippen LogP contribution in [0.1, 0.15) is 17.5 Å². The number of furan rings is 1. The number of nitro groups is 1. The van der Waals surface area contributed by atoms with Gasteiger partial charge in [0.1, 0.15) is 10.7 Å². The lowest BCUT2D eigenvalue weighted by Crippen LogP contribution is -2.30. The third-order valence-corrected chi connectivity index (χ3v) is 2.83. The van der Waals surface area contributed by atoms with Crippen molar-refractivity contribution < 1.29 is 23.7 Å². The molecule has 0 aromatic carbocycles. The Labute approximate surface area is 134 Å². The molecule has 9 nitrogen and oxygen atoms in total. The van der Waals surface area contributed by atoms with Crippen molar-refractivity contribution in [2.24, 2.45) is 0 Å². The van der Waals surface area contributed by atoms with Crippen molar-refractivity contribution in [3.8, 4) is 0 Å². The molecular formula is C13H10ClN3O6. The first kappa shape index (κ1) is 16.4. The van der Waals surface area contributed by atoms with E-state index in [-0.39, 0.29) is 11.6 Å². The highest BCUT2D eigenvalue weighted by molar-refractivity contribution is 6.30. The first-order valence-corrected chi connectivity index (χ1v) is 6.62. The Morgan fingerprint density at radius 2 is 2.13 bits per heavy atom. The highest BCUT2D eigenvalue weighted by Gasteiger charge is 2.23. The minimum Gasteiger partial charge on any atom is -0.447 e. The number of ether oxygens (including phenoxy) is 1. The van der Waals surface area contributed by atoms with Gasteiger partial charge in [0, 0.05) is 6.20 Å². The number of amides is 1. The van der Waals surface area contributed by atoms with Crippen LogP contribution in [0.5, 0.6) is 0 Å². The van der Waals surface area contributed by atoms with E-state index in [2.05, 4.69) is 14.7 Å². The maximum atomic E-state index is 11.9. The van der Waals surface area contributed by atoms with Crippen molar-refractivity contribution in [3.05, 3.63) is 51.4 Å². The van der Waals surface area contributed by atoms with E-state index in [0.717, 1.165) is 12.1 Å². The van der Waals surface area contributed by atoms with Gasteiger partial charge in [0.15, 0.2) is 6.10 Å². The largest absolute Gasteiger partial charge is 0.447 e. The molecule has 0 bridgehead atoms. The second-order valence-corrected chi connectivity index (χ2v) is 4.73. The van der Waals surface area contributed by atoms with Crippen molar-refractivity contribution in [1.82, 2.24) is 4.98 Å². The Bertz CT molecular complexity index is 742. The van der Waals surface area contributed by atoms with E-state index in [1.807, 2.05) is 0 Å². The summed E-state index contributed by atoms with van der Waals surface area (Å²) in [6, 6.07) is 5.11. The van der Waals surface area contributed by atoms with E-state index < -0.39 is 28.8 Å². The molecule has 0 fully saturated rings. The number of rotatable bonds is 5. The van der Waals surface area contributed by atoms with Gasteiger partial charge < -0.3 is 14.5 Å². The second-order valence-electron chi connectivity index (χ2n) is 4.29. The van der Waals surface area contributed by atoms with Crippen LogP contribution in [0.4, 0.5) is 11.7 Å². The van der Waals surface area contributed by atoms with Crippen LogP contribution in [0, 0.1) is 10.1 Å². The van der Waals surface area contributed by atoms with E-state index in [4.69, 9.17) is 16.3 Å². The molecule has 0 spiro atoms. The normalized spacial score (nSPS) is 11.6. The van der Waals surface area contributed by atoms with Gasteiger partial charge in [0.2, 0.25) is 5.76 Å². The molecule has 1 amide bonds. The molecule has 1 atom stereocenters. The van der Waals surface area contributed by atoms with Crippen LogP contribution >= 0.6 is 11.6 Å². The number of esters is 1. The molecule has 0 saturated heterocycles. The summed E-state index contributed by atoms with van der Waals surface area (Å²) in [5.41, 5.74) is 0. The average molecular weight is 340 g/mol. The lowest BCUT2D eigenvalue weighted by atomic mass is 10.3. The number of carbonyl (C=O) groups excluding carboxylic acids is 2. The Kier molecular flexibility index (Phi) is 4.91. The maximum absolute atomic E-state index is 11.9. The number of aromatic nitrogens is 1. The Hall–Kier alpha value is -2.94. The van der Waals surface area contributed by atoms with E-state index >= 15 is 0 Å². The predicted octanol–water partition coefficient (Wildman–Crippen LogP) is 2.42. The van der Waals surface area contributed by atoms with Crippen LogP contribution in [0.2, 0.25) is 5.02 Å². The Balaban J connectivity index is 1.95. The zero-order valence-electron chi connectivity index (χ0n) is 11.7. The smallest absolute Gasteiger partial charge is 0.433 e. The summed E-state index contributed by atoms with van der Waals surface area (Å²) in [5.74, 6) is -2.37. The molecule has 2 aromatic heterocycles. The zero-order valence-corrected chi connectivity index (χ0v) is 12.4. The van der Waals surface area contributed by atoms with Crippen molar-refractivity contribution >= 4 is 35.2 Å². The van der Waals surface area contributed by atoms with Crippen LogP contribution in [0.3, 0.4) is 0 Å². The molecule has 120 valence electrons. The van der Waals surface area contributed by atoms with Crippen molar-refractivity contribution in [3.63, 3.8) is 0 Å². The highest BCUT2D eigenvalue weighted by Crippen LogP contribution is 2.17. The van der Waals surface area contributed by atoms with Crippen LogP contribution < -0.4 is 5.32 Å². The summed E-state index contributed by atoms with van der Waals surface area (Å²) in [6.07, 6.45) is 0.180. The maximum Gasteiger partial charge on any atom is 0.433 e. The summed E-state index contributed by atoms with van der Waals surface area (Å²) >= 11 is 5.67. The molecule has 23 heavy (non-hydrogen) atoms. The predicted molar refractivity (Wildman–Crippen MR) is 78.1 cm³/mol. The molecule has 0 saturated carbocycles. The highest BCUT2D eigenvalue weighted by atomic mass is 35.5. The van der Waals surface area contributed by atoms with Crippen LogP contribution in [0.15, 0.2) is 34.9 Å². The fourth-order valence-corrected chi connectivity index (χ4v) is 1.60. The van der Waals surface area contributed by atoms with Crippen molar-refractivity contribution in [1.29, 1.82) is 0 Å². The minimum atomic E-state index is -1.16. The van der Waals surface area contributed by atoms with Crippen LogP contribution in [-0.2, 0) is 9.53 Å². The van der Waals surface area contributed by atoms with Crippen LogP contribution in [-0.4, -0.2) is 27.9 Å².